The molecular weight excluding hydrogens is 543 g/mol. The lowest BCUT2D eigenvalue weighted by Crippen LogP contribution is -2.44. The Morgan fingerprint density at radius 2 is 1.91 bits per heavy atom. The highest BCUT2D eigenvalue weighted by Crippen LogP contribution is 2.32. The van der Waals surface area contributed by atoms with E-state index < -0.39 is 23.3 Å². The minimum Gasteiger partial charge on any atom is -0.380 e. The molecule has 7 nitrogen and oxygen atoms in total. The Hall–Kier alpha value is -2.70. The van der Waals surface area contributed by atoms with Gasteiger partial charge in [0.15, 0.2) is 0 Å². The molecule has 0 aliphatic carbocycles. The Bertz CT molecular complexity index is 1200. The van der Waals surface area contributed by atoms with Crippen LogP contribution in [0.1, 0.15) is 23.7 Å². The maximum absolute atomic E-state index is 14.6. The standard InChI is InChI=1S/C23H22F2IN5O2/c1-16(33-12-20-8-9-30(29-20)11-17-2-5-19(26)6-3-17)23(32,13-31-15-27-14-28-31)21-7-4-18(24)10-22(21)25/h2-10,14-16,32H,11-13H2,1H3/t16-,23-/m1/s1. The lowest BCUT2D eigenvalue weighted by atomic mass is 9.88. The minimum atomic E-state index is -1.82. The van der Waals surface area contributed by atoms with E-state index in [1.165, 1.54) is 23.4 Å². The molecular formula is C23H22F2IN5O2. The molecule has 10 heteroatoms. The maximum atomic E-state index is 14.6. The molecule has 2 atom stereocenters. The minimum absolute atomic E-state index is 0.0869. The molecule has 2 aromatic heterocycles. The smallest absolute Gasteiger partial charge is 0.138 e. The number of rotatable bonds is 9. The number of aromatic nitrogens is 5. The summed E-state index contributed by atoms with van der Waals surface area (Å²) in [5.74, 6) is -1.60. The van der Waals surface area contributed by atoms with Gasteiger partial charge < -0.3 is 9.84 Å². The van der Waals surface area contributed by atoms with Gasteiger partial charge >= 0.3 is 0 Å². The molecule has 0 unspecified atom stereocenters. The van der Waals surface area contributed by atoms with Crippen molar-refractivity contribution in [3.63, 3.8) is 0 Å². The Labute approximate surface area is 203 Å². The molecule has 4 rings (SSSR count). The van der Waals surface area contributed by atoms with Crippen LogP contribution < -0.4 is 0 Å². The molecule has 1 N–H and O–H groups in total. The molecule has 33 heavy (non-hydrogen) atoms. The van der Waals surface area contributed by atoms with Gasteiger partial charge in [-0.25, -0.2) is 18.4 Å². The second-order valence-corrected chi connectivity index (χ2v) is 8.97. The van der Waals surface area contributed by atoms with E-state index >= 15 is 0 Å². The van der Waals surface area contributed by atoms with Gasteiger partial charge in [-0.2, -0.15) is 10.2 Å². The van der Waals surface area contributed by atoms with E-state index in [4.69, 9.17) is 4.74 Å². The number of hydrogen-bond donors (Lipinski definition) is 1. The molecule has 0 fully saturated rings. The molecule has 2 aromatic carbocycles. The first-order valence-electron chi connectivity index (χ1n) is 10.2. The van der Waals surface area contributed by atoms with E-state index in [9.17, 15) is 13.9 Å². The first-order valence-corrected chi connectivity index (χ1v) is 11.3. The van der Waals surface area contributed by atoms with Crippen LogP contribution in [0.2, 0.25) is 0 Å². The van der Waals surface area contributed by atoms with Crippen molar-refractivity contribution in [1.82, 2.24) is 24.5 Å². The number of ether oxygens (including phenoxy) is 1. The Morgan fingerprint density at radius 3 is 2.61 bits per heavy atom. The van der Waals surface area contributed by atoms with Crippen molar-refractivity contribution in [2.24, 2.45) is 0 Å². The molecule has 4 aromatic rings. The summed E-state index contributed by atoms with van der Waals surface area (Å²) in [6.07, 6.45) is 3.70. The Balaban J connectivity index is 1.48. The molecule has 0 saturated heterocycles. The van der Waals surface area contributed by atoms with Crippen LogP contribution in [0.3, 0.4) is 0 Å². The van der Waals surface area contributed by atoms with Crippen LogP contribution in [-0.2, 0) is 30.0 Å². The van der Waals surface area contributed by atoms with Crippen molar-refractivity contribution >= 4 is 22.6 Å². The predicted octanol–water partition coefficient (Wildman–Crippen LogP) is 3.90. The molecule has 0 bridgehead atoms. The average molecular weight is 565 g/mol. The average Bonchev–Trinajstić information content (AvgIpc) is 3.45. The fourth-order valence-corrected chi connectivity index (χ4v) is 3.89. The highest BCUT2D eigenvalue weighted by molar-refractivity contribution is 14.1. The molecule has 0 amide bonds. The van der Waals surface area contributed by atoms with Gasteiger partial charge in [0.05, 0.1) is 31.5 Å². The lowest BCUT2D eigenvalue weighted by molar-refractivity contribution is -0.124. The first-order chi connectivity index (χ1) is 15.8. The second kappa shape index (κ2) is 10.1. The number of nitrogens with zero attached hydrogens (tertiary/aromatic N) is 5. The number of benzene rings is 2. The van der Waals surface area contributed by atoms with E-state index in [1.54, 1.807) is 11.6 Å². The first kappa shape index (κ1) is 23.5. The Kier molecular flexibility index (Phi) is 7.15. The van der Waals surface area contributed by atoms with Crippen LogP contribution >= 0.6 is 22.6 Å². The SMILES string of the molecule is C[C@@H](OCc1ccn(Cc2ccc(I)cc2)n1)[C@](O)(Cn1cncn1)c1ccc(F)cc1F. The van der Waals surface area contributed by atoms with Gasteiger partial charge in [-0.05, 0) is 59.3 Å². The van der Waals surface area contributed by atoms with Crippen LogP contribution in [0.25, 0.3) is 0 Å². The Morgan fingerprint density at radius 1 is 1.12 bits per heavy atom. The summed E-state index contributed by atoms with van der Waals surface area (Å²) < 4.78 is 38.3. The largest absolute Gasteiger partial charge is 0.380 e. The summed E-state index contributed by atoms with van der Waals surface area (Å²) in [5, 5.41) is 20.0. The van der Waals surface area contributed by atoms with Crippen molar-refractivity contribution in [3.8, 4) is 0 Å². The van der Waals surface area contributed by atoms with E-state index in [1.807, 2.05) is 36.5 Å². The summed E-state index contributed by atoms with van der Waals surface area (Å²) >= 11 is 2.26. The summed E-state index contributed by atoms with van der Waals surface area (Å²) in [7, 11) is 0. The molecule has 2 heterocycles. The third-order valence-corrected chi connectivity index (χ3v) is 6.09. The van der Waals surface area contributed by atoms with Crippen molar-refractivity contribution < 1.29 is 18.6 Å². The van der Waals surface area contributed by atoms with Crippen LogP contribution in [0.4, 0.5) is 8.78 Å². The quantitative estimate of drug-likeness (QED) is 0.312. The van der Waals surface area contributed by atoms with Gasteiger partial charge in [0, 0.05) is 21.4 Å². The highest BCUT2D eigenvalue weighted by Gasteiger charge is 2.40. The summed E-state index contributed by atoms with van der Waals surface area (Å²) in [5.41, 5.74) is -0.130. The number of halogens is 3. The van der Waals surface area contributed by atoms with E-state index in [0.29, 0.717) is 12.2 Å². The zero-order valence-corrected chi connectivity index (χ0v) is 19.9. The second-order valence-electron chi connectivity index (χ2n) is 7.73. The predicted molar refractivity (Wildman–Crippen MR) is 125 cm³/mol. The van der Waals surface area contributed by atoms with E-state index in [2.05, 4.69) is 37.8 Å². The number of aliphatic hydroxyl groups is 1. The zero-order valence-electron chi connectivity index (χ0n) is 17.8. The zero-order chi connectivity index (χ0) is 23.4. The van der Waals surface area contributed by atoms with E-state index in [-0.39, 0.29) is 18.7 Å². The molecule has 0 spiro atoms. The monoisotopic (exact) mass is 565 g/mol. The van der Waals surface area contributed by atoms with Crippen LogP contribution in [-0.4, -0.2) is 35.8 Å². The summed E-state index contributed by atoms with van der Waals surface area (Å²) in [6, 6.07) is 13.0. The molecule has 172 valence electrons. The van der Waals surface area contributed by atoms with Crippen LogP contribution in [0.15, 0.2) is 67.4 Å². The van der Waals surface area contributed by atoms with Gasteiger partial charge in [0.1, 0.15) is 29.9 Å². The summed E-state index contributed by atoms with van der Waals surface area (Å²) in [4.78, 5) is 3.86. The fourth-order valence-electron chi connectivity index (χ4n) is 3.53. The number of hydrogen-bond acceptors (Lipinski definition) is 5. The van der Waals surface area contributed by atoms with E-state index in [0.717, 1.165) is 21.3 Å². The highest BCUT2D eigenvalue weighted by atomic mass is 127. The van der Waals surface area contributed by atoms with Crippen molar-refractivity contribution in [1.29, 1.82) is 0 Å². The van der Waals surface area contributed by atoms with Crippen LogP contribution in [0, 0.1) is 15.2 Å². The third-order valence-electron chi connectivity index (χ3n) is 5.37. The third kappa shape index (κ3) is 5.63. The van der Waals surface area contributed by atoms with Crippen molar-refractivity contribution in [3.05, 3.63) is 99.4 Å². The fraction of sp³-hybridized carbons (Fsp3) is 0.261. The van der Waals surface area contributed by atoms with Gasteiger partial charge in [-0.15, -0.1) is 0 Å². The topological polar surface area (TPSA) is 78.0 Å². The lowest BCUT2D eigenvalue weighted by Gasteiger charge is -2.34. The summed E-state index contributed by atoms with van der Waals surface area (Å²) in [6.45, 7) is 2.22. The van der Waals surface area contributed by atoms with Gasteiger partial charge in [0.25, 0.3) is 0 Å². The van der Waals surface area contributed by atoms with Crippen LogP contribution in [0.5, 0.6) is 0 Å². The molecule has 0 aliphatic heterocycles. The maximum Gasteiger partial charge on any atom is 0.138 e. The van der Waals surface area contributed by atoms with Gasteiger partial charge in [-0.3, -0.25) is 4.68 Å². The normalized spacial score (nSPS) is 14.2. The van der Waals surface area contributed by atoms with Gasteiger partial charge in [-0.1, -0.05) is 18.2 Å². The molecule has 0 saturated carbocycles. The van der Waals surface area contributed by atoms with Crippen molar-refractivity contribution in [2.75, 3.05) is 0 Å². The van der Waals surface area contributed by atoms with Gasteiger partial charge in [0.2, 0.25) is 0 Å². The molecule has 0 aliphatic rings. The molecule has 0 radical (unpaired) electrons. The van der Waals surface area contributed by atoms with Crippen molar-refractivity contribution in [2.45, 2.75) is 38.3 Å².